The van der Waals surface area contributed by atoms with Crippen LogP contribution in [-0.2, 0) is 5.60 Å². The molecule has 0 spiro atoms. The molecule has 1 N–H and O–H groups in total. The molecule has 1 heterocycles. The van der Waals surface area contributed by atoms with Crippen LogP contribution >= 0.6 is 0 Å². The zero-order valence-corrected chi connectivity index (χ0v) is 18.2. The van der Waals surface area contributed by atoms with E-state index in [1.54, 1.807) is 0 Å². The van der Waals surface area contributed by atoms with Crippen LogP contribution in [0.3, 0.4) is 0 Å². The Morgan fingerprint density at radius 1 is 0.704 bits per heavy atom. The molecule has 2 heteroatoms. The van der Waals surface area contributed by atoms with E-state index < -0.39 is 5.60 Å². The van der Waals surface area contributed by atoms with Crippen molar-refractivity contribution in [3.8, 4) is 0 Å². The van der Waals surface area contributed by atoms with Gasteiger partial charge in [0.15, 0.2) is 0 Å². The second-order valence-corrected chi connectivity index (χ2v) is 14.1. The topological polar surface area (TPSA) is 20.2 Å². The summed E-state index contributed by atoms with van der Waals surface area (Å²) in [6, 6.07) is 4.67. The third-order valence-corrected chi connectivity index (χ3v) is 12.5. The molecule has 8 aliphatic rings. The third kappa shape index (κ3) is 2.06. The molecule has 0 aromatic carbocycles. The molecule has 146 valence electrons. The van der Waals surface area contributed by atoms with Crippen LogP contribution in [0.2, 0.25) is 0 Å². The number of aliphatic hydroxyl groups is 1. The molecule has 1 aromatic heterocycles. The average molecular weight is 430 g/mol. The van der Waals surface area contributed by atoms with E-state index in [-0.39, 0.29) is 10.8 Å². The van der Waals surface area contributed by atoms with Gasteiger partial charge in [-0.2, -0.15) is 0 Å². The van der Waals surface area contributed by atoms with E-state index in [4.69, 9.17) is 0 Å². The number of hydrogen-bond acceptors (Lipinski definition) is 1. The van der Waals surface area contributed by atoms with Gasteiger partial charge in [0.05, 0.1) is 0 Å². The van der Waals surface area contributed by atoms with Gasteiger partial charge in [-0.05, 0) is 0 Å². The van der Waals surface area contributed by atoms with Gasteiger partial charge in [0.2, 0.25) is 0 Å². The van der Waals surface area contributed by atoms with Crippen LogP contribution in [0, 0.1) is 46.3 Å². The van der Waals surface area contributed by atoms with Crippen molar-refractivity contribution in [1.82, 2.24) is 0 Å². The van der Waals surface area contributed by atoms with Gasteiger partial charge in [-0.15, -0.1) is 0 Å². The molecule has 1 aromatic rings. The van der Waals surface area contributed by atoms with Crippen molar-refractivity contribution in [1.29, 1.82) is 0 Å². The molecule has 0 radical (unpaired) electrons. The number of rotatable bonds is 3. The Bertz CT molecular complexity index is 632. The predicted molar refractivity (Wildman–Crippen MR) is 108 cm³/mol. The fourth-order valence-electron chi connectivity index (χ4n) is 10.7. The average Bonchev–Trinajstić information content (AvgIpc) is 3.13. The Morgan fingerprint density at radius 2 is 1.07 bits per heavy atom. The second kappa shape index (κ2) is 5.35. The second-order valence-electron chi connectivity index (χ2n) is 12.1. The molecule has 0 unspecified atom stereocenters. The summed E-state index contributed by atoms with van der Waals surface area (Å²) in [5.74, 6) is 5.58. The van der Waals surface area contributed by atoms with Gasteiger partial charge in [0.1, 0.15) is 0 Å². The Hall–Kier alpha value is -0.0405. The molecule has 0 atom stereocenters. The molecular weight excluding hydrogens is 395 g/mol. The van der Waals surface area contributed by atoms with Crippen LogP contribution in [-0.4, -0.2) is 19.6 Å². The van der Waals surface area contributed by atoms with Crippen LogP contribution in [0.25, 0.3) is 0 Å². The summed E-state index contributed by atoms with van der Waals surface area (Å²) in [6.45, 7) is 0. The van der Waals surface area contributed by atoms with Gasteiger partial charge in [0.25, 0.3) is 0 Å². The van der Waals surface area contributed by atoms with Crippen molar-refractivity contribution in [2.24, 2.45) is 46.3 Å². The summed E-state index contributed by atoms with van der Waals surface area (Å²) in [5.41, 5.74) is -0.0183. The zero-order chi connectivity index (χ0) is 17.9. The van der Waals surface area contributed by atoms with Crippen molar-refractivity contribution in [3.05, 3.63) is 21.5 Å². The molecule has 0 amide bonds. The quantitative estimate of drug-likeness (QED) is 0.641. The molecule has 8 fully saturated rings. The van der Waals surface area contributed by atoms with Gasteiger partial charge >= 0.3 is 170 Å². The van der Waals surface area contributed by atoms with Crippen molar-refractivity contribution < 1.29 is 5.11 Å². The molecule has 1 nitrogen and oxygen atoms in total. The summed E-state index contributed by atoms with van der Waals surface area (Å²) >= 11 is 0.390. The fourth-order valence-corrected chi connectivity index (χ4v) is 12.9. The third-order valence-electron chi connectivity index (χ3n) is 10.5. The predicted octanol–water partition coefficient (Wildman–Crippen LogP) is 5.36. The van der Waals surface area contributed by atoms with E-state index in [2.05, 4.69) is 17.1 Å². The van der Waals surface area contributed by atoms with Crippen molar-refractivity contribution in [3.63, 3.8) is 0 Å². The van der Waals surface area contributed by atoms with E-state index >= 15 is 0 Å². The first kappa shape index (κ1) is 16.7. The van der Waals surface area contributed by atoms with Crippen molar-refractivity contribution in [2.45, 2.75) is 82.7 Å². The first-order valence-electron chi connectivity index (χ1n) is 11.8. The molecule has 27 heavy (non-hydrogen) atoms. The summed E-state index contributed by atoms with van der Waals surface area (Å²) in [4.78, 5) is 2.38. The summed E-state index contributed by atoms with van der Waals surface area (Å²) in [6.07, 6.45) is 17.0. The van der Waals surface area contributed by atoms with Gasteiger partial charge in [0, 0.05) is 0 Å². The molecular formula is C25H34OSe. The van der Waals surface area contributed by atoms with E-state index in [0.29, 0.717) is 14.5 Å². The SMILES string of the molecule is OC(c1ccc[se]1)(C12CC3CC(CC(C3)C1)C2)C12CC3CC(CC(C3)C1)C2. The molecule has 9 rings (SSSR count). The normalized spacial score (nSPS) is 54.4. The first-order valence-corrected chi connectivity index (χ1v) is 13.7. The van der Waals surface area contributed by atoms with Crippen molar-refractivity contribution >= 4 is 14.5 Å². The van der Waals surface area contributed by atoms with E-state index in [1.807, 2.05) is 0 Å². The van der Waals surface area contributed by atoms with Crippen LogP contribution in [0.4, 0.5) is 0 Å². The zero-order valence-electron chi connectivity index (χ0n) is 16.5. The van der Waals surface area contributed by atoms with Gasteiger partial charge in [-0.25, -0.2) is 0 Å². The summed E-state index contributed by atoms with van der Waals surface area (Å²) in [7, 11) is 0. The molecule has 0 saturated heterocycles. The van der Waals surface area contributed by atoms with Crippen LogP contribution in [0.1, 0.15) is 81.5 Å². The van der Waals surface area contributed by atoms with Crippen LogP contribution in [0.15, 0.2) is 17.1 Å². The summed E-state index contributed by atoms with van der Waals surface area (Å²) in [5, 5.41) is 13.1. The van der Waals surface area contributed by atoms with E-state index in [9.17, 15) is 5.11 Å². The molecule has 0 aliphatic heterocycles. The Kier molecular flexibility index (Phi) is 3.32. The van der Waals surface area contributed by atoms with Crippen LogP contribution < -0.4 is 0 Å². The van der Waals surface area contributed by atoms with Gasteiger partial charge in [-0.3, -0.25) is 0 Å². The van der Waals surface area contributed by atoms with Gasteiger partial charge in [-0.1, -0.05) is 0 Å². The maximum absolute atomic E-state index is 13.1. The van der Waals surface area contributed by atoms with Crippen LogP contribution in [0.5, 0.6) is 0 Å². The monoisotopic (exact) mass is 430 g/mol. The molecule has 8 aliphatic carbocycles. The Morgan fingerprint density at radius 3 is 1.37 bits per heavy atom. The Balaban J connectivity index is 1.41. The van der Waals surface area contributed by atoms with E-state index in [0.717, 1.165) is 35.5 Å². The molecule has 8 bridgehead atoms. The minimum absolute atomic E-state index is 0.229. The number of hydrogen-bond donors (Lipinski definition) is 1. The first-order chi connectivity index (χ1) is 13.1. The molecule has 8 saturated carbocycles. The van der Waals surface area contributed by atoms with Crippen molar-refractivity contribution in [2.75, 3.05) is 0 Å². The maximum atomic E-state index is 13.1. The van der Waals surface area contributed by atoms with E-state index in [1.165, 1.54) is 81.5 Å². The summed E-state index contributed by atoms with van der Waals surface area (Å²) < 4.78 is 1.50. The fraction of sp³-hybridized carbons (Fsp3) is 0.840. The standard InChI is InChI=1S/C25H34OSe/c26-25(22-2-1-3-27-22,23-10-16-4-17(11-23)6-18(5-16)12-23)24-13-19-7-20(14-24)9-21(8-19)15-24/h1-3,16-21,26H,4-15H2. The Labute approximate surface area is 170 Å². The van der Waals surface area contributed by atoms with Gasteiger partial charge < -0.3 is 0 Å². The minimum atomic E-state index is -0.477.